The molecule has 11 heteroatoms. The quantitative estimate of drug-likeness (QED) is 0.385. The van der Waals surface area contributed by atoms with Gasteiger partial charge in [0.15, 0.2) is 23.0 Å². The summed E-state index contributed by atoms with van der Waals surface area (Å²) in [4.78, 5) is 36.9. The minimum absolute atomic E-state index is 0.0388. The molecule has 3 N–H and O–H groups in total. The number of likely N-dealkylation sites (tertiary alicyclic amines) is 1. The molecule has 0 spiro atoms. The summed E-state index contributed by atoms with van der Waals surface area (Å²) in [6.45, 7) is 3.22. The number of amides is 2. The molecule has 0 aliphatic carbocycles. The number of carboxylic acid groups (broad SMARTS) is 1. The van der Waals surface area contributed by atoms with Crippen LogP contribution >= 0.6 is 11.6 Å². The van der Waals surface area contributed by atoms with Gasteiger partial charge in [0, 0.05) is 32.4 Å². The van der Waals surface area contributed by atoms with Gasteiger partial charge in [-0.2, -0.15) is 0 Å². The number of phenolic OH excluding ortho intramolecular Hbond substituents is 1. The monoisotopic (exact) mass is 584 g/mol. The van der Waals surface area contributed by atoms with Gasteiger partial charge < -0.3 is 29.9 Å². The third-order valence-corrected chi connectivity index (χ3v) is 7.44. The van der Waals surface area contributed by atoms with Crippen molar-refractivity contribution in [2.24, 2.45) is 0 Å². The number of halogens is 2. The van der Waals surface area contributed by atoms with Crippen LogP contribution in [0.3, 0.4) is 0 Å². The molecule has 2 atom stereocenters. The molecule has 2 heterocycles. The molecule has 0 saturated carbocycles. The predicted octanol–water partition coefficient (Wildman–Crippen LogP) is 5.06. The van der Waals surface area contributed by atoms with E-state index in [1.807, 2.05) is 6.07 Å². The molecule has 2 aliphatic rings. The summed E-state index contributed by atoms with van der Waals surface area (Å²) >= 11 is 6.32. The first kappa shape index (κ1) is 29.7. The second-order valence-corrected chi connectivity index (χ2v) is 10.3. The maximum atomic E-state index is 14.7. The molecule has 9 nitrogen and oxygen atoms in total. The maximum absolute atomic E-state index is 14.7. The minimum atomic E-state index is -0.833. The molecular formula is C30H30ClFN2O7. The molecule has 0 aromatic heterocycles. The number of nitrogens with zero attached hydrogens (tertiary/aromatic N) is 1. The summed E-state index contributed by atoms with van der Waals surface area (Å²) in [6.07, 6.45) is 0.641. The van der Waals surface area contributed by atoms with Crippen LogP contribution in [0, 0.1) is 12.7 Å². The number of ether oxygens (including phenoxy) is 2. The number of nitrogens with one attached hydrogen (secondary N) is 1. The van der Waals surface area contributed by atoms with E-state index < -0.39 is 23.7 Å². The summed E-state index contributed by atoms with van der Waals surface area (Å²) in [7, 11) is 1.52. The van der Waals surface area contributed by atoms with E-state index in [1.54, 1.807) is 31.2 Å². The van der Waals surface area contributed by atoms with E-state index in [0.717, 1.165) is 18.1 Å². The molecule has 0 radical (unpaired) electrons. The second kappa shape index (κ2) is 12.5. The molecule has 216 valence electrons. The Balaban J connectivity index is 0.000000909. The highest BCUT2D eigenvalue weighted by Gasteiger charge is 2.39. The average Bonchev–Trinajstić information content (AvgIpc) is 3.34. The number of hydrogen-bond acceptors (Lipinski definition) is 6. The minimum Gasteiger partial charge on any atom is -0.504 e. The fourth-order valence-corrected chi connectivity index (χ4v) is 5.15. The molecule has 2 aliphatic heterocycles. The van der Waals surface area contributed by atoms with Gasteiger partial charge in [0.1, 0.15) is 5.82 Å². The Hall–Kier alpha value is -4.31. The average molecular weight is 585 g/mol. The van der Waals surface area contributed by atoms with E-state index in [4.69, 9.17) is 31.0 Å². The standard InChI is InChI=1S/C28H26ClFN2O5.C2H4O2/c1-15-3-7-19(30)26(27(15)29)28(35)32-13-18-17-6-9-22(36-2)24(12-17)37-23-11-16(4-8-21(23)33)5-10-25(34)31-20(18)14-32;1-2(3)4/h3-4,6-9,11-12,18,20,33H,5,10,13-14H2,1-2H3,(H,31,34);1H3,(H,3,4)/t18-,20+;/m0./s1. The SMILES string of the molecule is CC(=O)O.COc1ccc2cc1Oc1cc(ccc1O)CCC(=O)N[C@@H]1CN(C(=O)c3c(F)ccc(C)c3Cl)C[C@@H]21. The van der Waals surface area contributed by atoms with Crippen molar-refractivity contribution in [1.29, 1.82) is 0 Å². The Kier molecular flexibility index (Phi) is 9.02. The van der Waals surface area contributed by atoms with Gasteiger partial charge in [0.05, 0.1) is 23.7 Å². The zero-order valence-corrected chi connectivity index (χ0v) is 23.5. The van der Waals surface area contributed by atoms with Crippen LogP contribution in [0.5, 0.6) is 23.0 Å². The van der Waals surface area contributed by atoms with Gasteiger partial charge in [-0.3, -0.25) is 14.4 Å². The first-order valence-electron chi connectivity index (χ1n) is 12.9. The van der Waals surface area contributed by atoms with Gasteiger partial charge in [-0.25, -0.2) is 4.39 Å². The van der Waals surface area contributed by atoms with Crippen LogP contribution in [0.2, 0.25) is 5.02 Å². The van der Waals surface area contributed by atoms with Gasteiger partial charge in [0.25, 0.3) is 11.9 Å². The van der Waals surface area contributed by atoms with Crippen molar-refractivity contribution < 1.29 is 38.5 Å². The zero-order chi connectivity index (χ0) is 29.8. The summed E-state index contributed by atoms with van der Waals surface area (Å²) in [5.41, 5.74) is 2.04. The molecule has 41 heavy (non-hydrogen) atoms. The summed E-state index contributed by atoms with van der Waals surface area (Å²) in [6, 6.07) is 12.7. The predicted molar refractivity (Wildman–Crippen MR) is 150 cm³/mol. The lowest BCUT2D eigenvalue weighted by Crippen LogP contribution is -2.40. The third-order valence-electron chi connectivity index (χ3n) is 6.95. The fraction of sp³-hybridized carbons (Fsp3) is 0.300. The molecule has 2 amide bonds. The van der Waals surface area contributed by atoms with Crippen LogP contribution < -0.4 is 14.8 Å². The molecule has 1 saturated heterocycles. The Labute approximate surface area is 241 Å². The van der Waals surface area contributed by atoms with Gasteiger partial charge in [-0.1, -0.05) is 29.8 Å². The van der Waals surface area contributed by atoms with E-state index >= 15 is 0 Å². The molecule has 1 fully saturated rings. The van der Waals surface area contributed by atoms with Crippen molar-refractivity contribution in [2.75, 3.05) is 20.2 Å². The molecule has 3 aromatic rings. The van der Waals surface area contributed by atoms with E-state index in [-0.39, 0.29) is 53.4 Å². The number of carboxylic acids is 1. The third kappa shape index (κ3) is 6.71. The number of hydrogen-bond donors (Lipinski definition) is 3. The van der Waals surface area contributed by atoms with Crippen LogP contribution in [0.1, 0.15) is 46.3 Å². The van der Waals surface area contributed by atoms with Crippen LogP contribution in [-0.4, -0.2) is 59.1 Å². The van der Waals surface area contributed by atoms with Crippen molar-refractivity contribution >= 4 is 29.4 Å². The van der Waals surface area contributed by atoms with E-state index in [0.29, 0.717) is 23.5 Å². The first-order valence-corrected chi connectivity index (χ1v) is 13.3. The molecule has 4 bridgehead atoms. The Bertz CT molecular complexity index is 1490. The van der Waals surface area contributed by atoms with Crippen LogP contribution in [0.25, 0.3) is 0 Å². The normalized spacial score (nSPS) is 17.8. The number of aromatic hydroxyl groups is 1. The number of methoxy groups -OCH3 is 1. The van der Waals surface area contributed by atoms with Crippen molar-refractivity contribution in [3.63, 3.8) is 0 Å². The fourth-order valence-electron chi connectivity index (χ4n) is 4.92. The van der Waals surface area contributed by atoms with E-state index in [1.165, 1.54) is 30.2 Å². The smallest absolute Gasteiger partial charge is 0.300 e. The molecule has 3 aromatic carbocycles. The summed E-state index contributed by atoms with van der Waals surface area (Å²) in [5.74, 6) is -1.47. The van der Waals surface area contributed by atoms with E-state index in [9.17, 15) is 19.1 Å². The summed E-state index contributed by atoms with van der Waals surface area (Å²) < 4.78 is 26.2. The zero-order valence-electron chi connectivity index (χ0n) is 22.7. The number of aliphatic carboxylic acids is 1. The van der Waals surface area contributed by atoms with Crippen LogP contribution in [-0.2, 0) is 16.0 Å². The first-order chi connectivity index (χ1) is 19.5. The lowest BCUT2D eigenvalue weighted by Gasteiger charge is -2.21. The van der Waals surface area contributed by atoms with Crippen LogP contribution in [0.15, 0.2) is 48.5 Å². The van der Waals surface area contributed by atoms with E-state index in [2.05, 4.69) is 5.32 Å². The van der Waals surface area contributed by atoms with Crippen molar-refractivity contribution in [1.82, 2.24) is 10.2 Å². The van der Waals surface area contributed by atoms with Crippen molar-refractivity contribution in [3.8, 4) is 23.0 Å². The van der Waals surface area contributed by atoms with Gasteiger partial charge in [0.2, 0.25) is 5.91 Å². The number of aryl methyl sites for hydroxylation is 2. The second-order valence-electron chi connectivity index (χ2n) is 9.88. The topological polar surface area (TPSA) is 125 Å². The lowest BCUT2D eigenvalue weighted by molar-refractivity contribution is -0.134. The van der Waals surface area contributed by atoms with Crippen LogP contribution in [0.4, 0.5) is 4.39 Å². The largest absolute Gasteiger partial charge is 0.504 e. The highest BCUT2D eigenvalue weighted by Crippen LogP contribution is 2.40. The highest BCUT2D eigenvalue weighted by atomic mass is 35.5. The number of phenols is 1. The van der Waals surface area contributed by atoms with Gasteiger partial charge in [-0.05, 0) is 60.4 Å². The summed E-state index contributed by atoms with van der Waals surface area (Å²) in [5, 5.41) is 20.9. The Morgan fingerprint density at radius 2 is 1.83 bits per heavy atom. The van der Waals surface area contributed by atoms with Crippen molar-refractivity contribution in [3.05, 3.63) is 81.6 Å². The molecule has 0 unspecified atom stereocenters. The lowest BCUT2D eigenvalue weighted by atomic mass is 9.93. The molecule has 5 rings (SSSR count). The number of benzene rings is 3. The van der Waals surface area contributed by atoms with Crippen molar-refractivity contribution in [2.45, 2.75) is 38.6 Å². The number of carbonyl (C=O) groups excluding carboxylic acids is 2. The molecular weight excluding hydrogens is 555 g/mol. The maximum Gasteiger partial charge on any atom is 0.300 e. The Morgan fingerprint density at radius 1 is 1.10 bits per heavy atom. The number of fused-ring (bicyclic) bond motifs is 6. The van der Waals surface area contributed by atoms with Gasteiger partial charge >= 0.3 is 0 Å². The van der Waals surface area contributed by atoms with Gasteiger partial charge in [-0.15, -0.1) is 0 Å². The number of carbonyl (C=O) groups is 3. The highest BCUT2D eigenvalue weighted by molar-refractivity contribution is 6.34. The Morgan fingerprint density at radius 3 is 2.54 bits per heavy atom. The number of rotatable bonds is 2.